The van der Waals surface area contributed by atoms with Crippen molar-refractivity contribution < 1.29 is 14.7 Å². The van der Waals surface area contributed by atoms with Gasteiger partial charge in [0, 0.05) is 6.42 Å². The van der Waals surface area contributed by atoms with E-state index in [4.69, 9.17) is 5.11 Å². The third-order valence-corrected chi connectivity index (χ3v) is 3.21. The van der Waals surface area contributed by atoms with Crippen LogP contribution in [0.2, 0.25) is 0 Å². The Bertz CT molecular complexity index is 494. The summed E-state index contributed by atoms with van der Waals surface area (Å²) in [5.74, 6) is 0.246. The molecule has 1 atom stereocenters. The van der Waals surface area contributed by atoms with E-state index >= 15 is 0 Å². The molecule has 1 aromatic rings. The van der Waals surface area contributed by atoms with Crippen LogP contribution >= 0.6 is 0 Å². The van der Waals surface area contributed by atoms with Crippen molar-refractivity contribution in [3.05, 3.63) is 34.9 Å². The monoisotopic (exact) mass is 277 g/mol. The lowest BCUT2D eigenvalue weighted by Crippen LogP contribution is -2.32. The van der Waals surface area contributed by atoms with Crippen molar-refractivity contribution in [2.75, 3.05) is 0 Å². The van der Waals surface area contributed by atoms with Gasteiger partial charge in [-0.25, -0.2) is 4.79 Å². The molecular formula is C16H23NO3. The van der Waals surface area contributed by atoms with Gasteiger partial charge >= 0.3 is 6.09 Å². The van der Waals surface area contributed by atoms with Gasteiger partial charge in [-0.2, -0.15) is 0 Å². The second kappa shape index (κ2) is 7.08. The van der Waals surface area contributed by atoms with Gasteiger partial charge in [-0.15, -0.1) is 0 Å². The fraction of sp³-hybridized carbons (Fsp3) is 0.500. The summed E-state index contributed by atoms with van der Waals surface area (Å²) in [6, 6.07) is 5.09. The van der Waals surface area contributed by atoms with E-state index in [0.29, 0.717) is 18.8 Å². The summed E-state index contributed by atoms with van der Waals surface area (Å²) in [5.41, 5.74) is 2.88. The van der Waals surface area contributed by atoms with E-state index in [9.17, 15) is 9.59 Å². The van der Waals surface area contributed by atoms with Gasteiger partial charge < -0.3 is 10.4 Å². The summed E-state index contributed by atoms with van der Waals surface area (Å²) in [4.78, 5) is 23.1. The van der Waals surface area contributed by atoms with Gasteiger partial charge in [-0.05, 0) is 30.4 Å². The molecule has 20 heavy (non-hydrogen) atoms. The Morgan fingerprint density at radius 2 is 1.80 bits per heavy atom. The van der Waals surface area contributed by atoms with Gasteiger partial charge in [-0.3, -0.25) is 4.79 Å². The van der Waals surface area contributed by atoms with Gasteiger partial charge in [0.05, 0.1) is 0 Å². The molecule has 0 aromatic heterocycles. The molecule has 110 valence electrons. The van der Waals surface area contributed by atoms with E-state index in [-0.39, 0.29) is 5.78 Å². The second-order valence-corrected chi connectivity index (χ2v) is 5.43. The predicted octanol–water partition coefficient (Wildman–Crippen LogP) is 3.80. The average molecular weight is 277 g/mol. The predicted molar refractivity (Wildman–Crippen MR) is 79.1 cm³/mol. The first-order valence-electron chi connectivity index (χ1n) is 6.98. The zero-order valence-electron chi connectivity index (χ0n) is 12.6. The number of hydrogen-bond donors (Lipinski definition) is 2. The molecule has 0 heterocycles. The minimum atomic E-state index is -1.17. The molecule has 2 N–H and O–H groups in total. The van der Waals surface area contributed by atoms with Crippen molar-refractivity contribution >= 4 is 11.9 Å². The minimum Gasteiger partial charge on any atom is -0.465 e. The quantitative estimate of drug-likeness (QED) is 0.831. The van der Waals surface area contributed by atoms with Gasteiger partial charge in [-0.1, -0.05) is 44.5 Å². The Morgan fingerprint density at radius 1 is 1.20 bits per heavy atom. The Hall–Kier alpha value is -1.84. The number of carbonyl (C=O) groups excluding carboxylic acids is 1. The molecule has 0 saturated carbocycles. The second-order valence-electron chi connectivity index (χ2n) is 5.43. The van der Waals surface area contributed by atoms with Crippen LogP contribution in [-0.4, -0.2) is 17.0 Å². The van der Waals surface area contributed by atoms with Crippen molar-refractivity contribution in [2.24, 2.45) is 0 Å². The molecule has 0 aliphatic rings. The van der Waals surface area contributed by atoms with Crippen LogP contribution in [0.25, 0.3) is 0 Å². The fourth-order valence-electron chi connectivity index (χ4n) is 2.21. The number of rotatable bonds is 6. The van der Waals surface area contributed by atoms with Crippen LogP contribution in [0, 0.1) is 6.92 Å². The molecule has 4 nitrogen and oxygen atoms in total. The number of nitrogens with one attached hydrogen (secondary N) is 1. The Morgan fingerprint density at radius 3 is 2.30 bits per heavy atom. The lowest BCUT2D eigenvalue weighted by atomic mass is 9.92. The van der Waals surface area contributed by atoms with Crippen molar-refractivity contribution in [1.82, 2.24) is 5.32 Å². The molecule has 4 heteroatoms. The number of amides is 1. The number of hydrogen-bond acceptors (Lipinski definition) is 2. The maximum absolute atomic E-state index is 12.1. The summed E-state index contributed by atoms with van der Waals surface area (Å²) in [6.07, 6.45) is -0.0953. The zero-order valence-corrected chi connectivity index (χ0v) is 12.6. The first kappa shape index (κ1) is 16.2. The van der Waals surface area contributed by atoms with E-state index < -0.39 is 12.1 Å². The zero-order chi connectivity index (χ0) is 15.3. The smallest absolute Gasteiger partial charge is 0.405 e. The van der Waals surface area contributed by atoms with Gasteiger partial charge in [0.1, 0.15) is 6.04 Å². The lowest BCUT2D eigenvalue weighted by Gasteiger charge is -2.18. The fourth-order valence-corrected chi connectivity index (χ4v) is 2.21. The molecule has 0 aliphatic carbocycles. The topological polar surface area (TPSA) is 66.4 Å². The molecular weight excluding hydrogens is 254 g/mol. The Balaban J connectivity index is 3.18. The van der Waals surface area contributed by atoms with E-state index in [1.54, 1.807) is 0 Å². The molecule has 0 spiro atoms. The van der Waals surface area contributed by atoms with Crippen LogP contribution in [0.4, 0.5) is 4.79 Å². The van der Waals surface area contributed by atoms with Crippen LogP contribution in [-0.2, 0) is 4.79 Å². The highest BCUT2D eigenvalue weighted by molar-refractivity contribution is 5.88. The van der Waals surface area contributed by atoms with Crippen molar-refractivity contribution in [2.45, 2.75) is 52.5 Å². The molecule has 0 fully saturated rings. The van der Waals surface area contributed by atoms with E-state index in [1.807, 2.05) is 26.0 Å². The summed E-state index contributed by atoms with van der Waals surface area (Å²) in [7, 11) is 0. The summed E-state index contributed by atoms with van der Waals surface area (Å²) in [5, 5.41) is 11.3. The molecule has 0 bridgehead atoms. The number of carbonyl (C=O) groups is 2. The van der Waals surface area contributed by atoms with Crippen molar-refractivity contribution in [3.8, 4) is 0 Å². The van der Waals surface area contributed by atoms with Crippen LogP contribution in [0.1, 0.15) is 62.3 Å². The van der Waals surface area contributed by atoms with Gasteiger partial charge in [0.2, 0.25) is 0 Å². The molecule has 1 aromatic carbocycles. The van der Waals surface area contributed by atoms with E-state index in [2.05, 4.69) is 25.2 Å². The van der Waals surface area contributed by atoms with E-state index in [0.717, 1.165) is 16.7 Å². The van der Waals surface area contributed by atoms with Gasteiger partial charge in [0.15, 0.2) is 5.78 Å². The van der Waals surface area contributed by atoms with Crippen molar-refractivity contribution in [1.29, 1.82) is 0 Å². The van der Waals surface area contributed by atoms with Crippen LogP contribution in [0.3, 0.4) is 0 Å². The SMILES string of the molecule is CCCC(=O)C(NC(=O)O)c1cc(C)cc(C(C)C)c1. The highest BCUT2D eigenvalue weighted by atomic mass is 16.4. The van der Waals surface area contributed by atoms with Crippen LogP contribution < -0.4 is 5.32 Å². The maximum Gasteiger partial charge on any atom is 0.405 e. The van der Waals surface area contributed by atoms with Crippen LogP contribution in [0.5, 0.6) is 0 Å². The maximum atomic E-state index is 12.1. The summed E-state index contributed by atoms with van der Waals surface area (Å²) >= 11 is 0. The molecule has 1 rings (SSSR count). The number of Topliss-reactive ketones (excluding diaryl/α,β-unsaturated/α-hetero) is 1. The number of ketones is 1. The largest absolute Gasteiger partial charge is 0.465 e. The highest BCUT2D eigenvalue weighted by Crippen LogP contribution is 2.24. The number of benzene rings is 1. The molecule has 0 radical (unpaired) electrons. The number of aryl methyl sites for hydroxylation is 1. The molecule has 0 saturated heterocycles. The van der Waals surface area contributed by atoms with Gasteiger partial charge in [0.25, 0.3) is 0 Å². The first-order chi connectivity index (χ1) is 9.35. The first-order valence-corrected chi connectivity index (χ1v) is 6.98. The molecule has 1 unspecified atom stereocenters. The Labute approximate surface area is 120 Å². The minimum absolute atomic E-state index is 0.0878. The summed E-state index contributed by atoms with van der Waals surface area (Å²) in [6.45, 7) is 8.01. The number of carboxylic acid groups (broad SMARTS) is 1. The molecule has 1 amide bonds. The third kappa shape index (κ3) is 4.37. The lowest BCUT2D eigenvalue weighted by molar-refractivity contribution is -0.121. The third-order valence-electron chi connectivity index (χ3n) is 3.21. The standard InChI is InChI=1S/C16H23NO3/c1-5-6-14(18)15(17-16(19)20)13-8-11(4)7-12(9-13)10(2)3/h7-10,15,17H,5-6H2,1-4H3,(H,19,20). The summed E-state index contributed by atoms with van der Waals surface area (Å²) < 4.78 is 0. The van der Waals surface area contributed by atoms with Crippen molar-refractivity contribution in [3.63, 3.8) is 0 Å². The average Bonchev–Trinajstić information content (AvgIpc) is 2.35. The highest BCUT2D eigenvalue weighted by Gasteiger charge is 2.22. The Kier molecular flexibility index (Phi) is 5.74. The van der Waals surface area contributed by atoms with E-state index in [1.165, 1.54) is 0 Å². The normalized spacial score (nSPS) is 12.2. The molecule has 0 aliphatic heterocycles. The van der Waals surface area contributed by atoms with Crippen LogP contribution in [0.15, 0.2) is 18.2 Å².